The fourth-order valence-electron chi connectivity index (χ4n) is 3.47. The molecule has 7 nitrogen and oxygen atoms in total. The molecule has 29 heavy (non-hydrogen) atoms. The zero-order valence-electron chi connectivity index (χ0n) is 16.7. The van der Waals surface area contributed by atoms with Gasteiger partial charge in [-0.1, -0.05) is 6.07 Å². The first kappa shape index (κ1) is 22.8. The van der Waals surface area contributed by atoms with Gasteiger partial charge in [0.15, 0.2) is 11.5 Å². The highest BCUT2D eigenvalue weighted by atomic mass is 35.5. The van der Waals surface area contributed by atoms with Gasteiger partial charge in [-0.05, 0) is 56.0 Å². The topological polar surface area (TPSA) is 89.7 Å². The van der Waals surface area contributed by atoms with Crippen molar-refractivity contribution < 1.29 is 19.0 Å². The van der Waals surface area contributed by atoms with Crippen molar-refractivity contribution in [1.82, 2.24) is 10.3 Å². The molecule has 1 atom stereocenters. The predicted molar refractivity (Wildman–Crippen MR) is 112 cm³/mol. The number of hydrogen-bond donors (Lipinski definition) is 2. The van der Waals surface area contributed by atoms with Crippen LogP contribution in [-0.4, -0.2) is 38.3 Å². The lowest BCUT2D eigenvalue weighted by atomic mass is 9.91. The number of H-pyrrole nitrogens is 1. The van der Waals surface area contributed by atoms with E-state index in [1.54, 1.807) is 31.4 Å². The van der Waals surface area contributed by atoms with Gasteiger partial charge in [0.1, 0.15) is 0 Å². The van der Waals surface area contributed by atoms with Gasteiger partial charge in [-0.15, -0.1) is 12.4 Å². The van der Waals surface area contributed by atoms with Gasteiger partial charge in [0.25, 0.3) is 0 Å². The number of carbonyl (C=O) groups is 1. The molecule has 2 aromatic rings. The molecule has 1 aliphatic carbocycles. The summed E-state index contributed by atoms with van der Waals surface area (Å²) in [4.78, 5) is 26.6. The number of nitrogens with one attached hydrogen (secondary N) is 2. The molecule has 2 N–H and O–H groups in total. The van der Waals surface area contributed by atoms with Crippen molar-refractivity contribution in [3.05, 3.63) is 57.5 Å². The number of fused-ring (bicyclic) bond motifs is 1. The Hall–Kier alpha value is -2.51. The zero-order chi connectivity index (χ0) is 19.9. The van der Waals surface area contributed by atoms with Crippen LogP contribution >= 0.6 is 12.4 Å². The van der Waals surface area contributed by atoms with Crippen LogP contribution in [0.4, 0.5) is 0 Å². The van der Waals surface area contributed by atoms with Gasteiger partial charge in [-0.3, -0.25) is 4.79 Å². The molecule has 0 radical (unpaired) electrons. The van der Waals surface area contributed by atoms with E-state index in [-0.39, 0.29) is 30.0 Å². The summed E-state index contributed by atoms with van der Waals surface area (Å²) in [5, 5.41) is 3.49. The molecular weight excluding hydrogens is 396 g/mol. The average molecular weight is 423 g/mol. The number of carbonyl (C=O) groups excluding carboxylic acids is 1. The maximum absolute atomic E-state index is 12.2. The predicted octanol–water partition coefficient (Wildman–Crippen LogP) is 3.03. The molecule has 1 aromatic heterocycles. The molecule has 0 fully saturated rings. The molecule has 158 valence electrons. The van der Waals surface area contributed by atoms with E-state index in [1.165, 1.54) is 7.11 Å². The fraction of sp³-hybridized carbons (Fsp3) is 0.429. The molecule has 3 rings (SSSR count). The Labute approximate surface area is 176 Å². The number of aryl methyl sites for hydroxylation is 1. The highest BCUT2D eigenvalue weighted by Crippen LogP contribution is 2.28. The molecule has 0 amide bonds. The second-order valence-corrected chi connectivity index (χ2v) is 6.71. The van der Waals surface area contributed by atoms with Crippen molar-refractivity contribution in [3.8, 4) is 11.5 Å². The number of rotatable bonds is 8. The third-order valence-electron chi connectivity index (χ3n) is 4.90. The molecule has 0 bridgehead atoms. The van der Waals surface area contributed by atoms with E-state index >= 15 is 0 Å². The Balaban J connectivity index is 0.00000300. The smallest absolute Gasteiger partial charge is 0.338 e. The van der Waals surface area contributed by atoms with Gasteiger partial charge in [0.05, 0.1) is 26.4 Å². The minimum Gasteiger partial charge on any atom is -0.493 e. The van der Waals surface area contributed by atoms with Gasteiger partial charge in [0, 0.05) is 17.8 Å². The van der Waals surface area contributed by atoms with Crippen LogP contribution in [-0.2, 0) is 11.2 Å². The molecule has 0 unspecified atom stereocenters. The number of ether oxygens (including phenoxy) is 3. The SMILES string of the molecule is COc1ccc(C(=O)OCCCN[C@H]2CCCc3[nH]c(=O)ccc32)cc1OC.Cl. The molecule has 0 spiro atoms. The largest absolute Gasteiger partial charge is 0.493 e. The van der Waals surface area contributed by atoms with Crippen molar-refractivity contribution in [3.63, 3.8) is 0 Å². The van der Waals surface area contributed by atoms with Crippen LogP contribution in [0, 0.1) is 0 Å². The van der Waals surface area contributed by atoms with E-state index in [0.717, 1.165) is 37.1 Å². The summed E-state index contributed by atoms with van der Waals surface area (Å²) >= 11 is 0. The van der Waals surface area contributed by atoms with E-state index in [1.807, 2.05) is 6.07 Å². The van der Waals surface area contributed by atoms with Crippen LogP contribution in [0.5, 0.6) is 11.5 Å². The number of aromatic amines is 1. The first-order valence-electron chi connectivity index (χ1n) is 9.47. The monoisotopic (exact) mass is 422 g/mol. The summed E-state index contributed by atoms with van der Waals surface area (Å²) in [6, 6.07) is 8.65. The zero-order valence-corrected chi connectivity index (χ0v) is 17.5. The number of halogens is 1. The Morgan fingerprint density at radius 1 is 1.17 bits per heavy atom. The maximum Gasteiger partial charge on any atom is 0.338 e. The van der Waals surface area contributed by atoms with Crippen molar-refractivity contribution in [1.29, 1.82) is 0 Å². The number of pyridine rings is 1. The van der Waals surface area contributed by atoms with E-state index in [0.29, 0.717) is 30.1 Å². The Bertz CT molecular complexity index is 884. The van der Waals surface area contributed by atoms with Crippen molar-refractivity contribution in [2.75, 3.05) is 27.4 Å². The van der Waals surface area contributed by atoms with Crippen LogP contribution in [0.3, 0.4) is 0 Å². The summed E-state index contributed by atoms with van der Waals surface area (Å²) in [7, 11) is 3.07. The molecule has 0 saturated heterocycles. The van der Waals surface area contributed by atoms with Crippen molar-refractivity contribution in [2.45, 2.75) is 31.7 Å². The summed E-state index contributed by atoms with van der Waals surface area (Å²) < 4.78 is 15.7. The summed E-state index contributed by atoms with van der Waals surface area (Å²) in [6.45, 7) is 1.05. The summed E-state index contributed by atoms with van der Waals surface area (Å²) in [5.41, 5.74) is 2.56. The Kier molecular flexibility index (Phi) is 8.54. The normalized spacial score (nSPS) is 15.0. The maximum atomic E-state index is 12.2. The van der Waals surface area contributed by atoms with Gasteiger partial charge in [0.2, 0.25) is 5.56 Å². The van der Waals surface area contributed by atoms with Crippen LogP contribution < -0.4 is 20.3 Å². The molecule has 1 aromatic carbocycles. The third-order valence-corrected chi connectivity index (χ3v) is 4.90. The highest BCUT2D eigenvalue weighted by molar-refractivity contribution is 5.90. The number of benzene rings is 1. The lowest BCUT2D eigenvalue weighted by Crippen LogP contribution is -2.28. The van der Waals surface area contributed by atoms with E-state index in [2.05, 4.69) is 10.3 Å². The second kappa shape index (κ2) is 10.9. The highest BCUT2D eigenvalue weighted by Gasteiger charge is 2.20. The lowest BCUT2D eigenvalue weighted by Gasteiger charge is -2.26. The molecule has 8 heteroatoms. The number of methoxy groups -OCH3 is 2. The van der Waals surface area contributed by atoms with Crippen molar-refractivity contribution >= 4 is 18.4 Å². The molecule has 0 aliphatic heterocycles. The first-order valence-corrected chi connectivity index (χ1v) is 9.47. The Morgan fingerprint density at radius 2 is 1.97 bits per heavy atom. The third kappa shape index (κ3) is 5.74. The van der Waals surface area contributed by atoms with Gasteiger partial charge >= 0.3 is 5.97 Å². The van der Waals surface area contributed by atoms with Crippen molar-refractivity contribution in [2.24, 2.45) is 0 Å². The van der Waals surface area contributed by atoms with E-state index in [9.17, 15) is 9.59 Å². The van der Waals surface area contributed by atoms with E-state index in [4.69, 9.17) is 14.2 Å². The summed E-state index contributed by atoms with van der Waals surface area (Å²) in [6.07, 6.45) is 3.68. The number of aromatic nitrogens is 1. The molecule has 1 aliphatic rings. The van der Waals surface area contributed by atoms with Crippen LogP contribution in [0.15, 0.2) is 35.1 Å². The van der Waals surface area contributed by atoms with Crippen LogP contribution in [0.2, 0.25) is 0 Å². The Morgan fingerprint density at radius 3 is 2.72 bits per heavy atom. The lowest BCUT2D eigenvalue weighted by molar-refractivity contribution is 0.0499. The fourth-order valence-corrected chi connectivity index (χ4v) is 3.47. The van der Waals surface area contributed by atoms with Gasteiger partial charge < -0.3 is 24.5 Å². The molecule has 0 saturated carbocycles. The molecular formula is C21H27ClN2O5. The minimum atomic E-state index is -0.387. The average Bonchev–Trinajstić information content (AvgIpc) is 2.72. The van der Waals surface area contributed by atoms with Crippen LogP contribution in [0.1, 0.15) is 46.9 Å². The second-order valence-electron chi connectivity index (χ2n) is 6.71. The first-order chi connectivity index (χ1) is 13.6. The number of hydrogen-bond acceptors (Lipinski definition) is 6. The quantitative estimate of drug-likeness (QED) is 0.502. The van der Waals surface area contributed by atoms with Crippen LogP contribution in [0.25, 0.3) is 0 Å². The summed E-state index contributed by atoms with van der Waals surface area (Å²) in [5.74, 6) is 0.673. The van der Waals surface area contributed by atoms with Gasteiger partial charge in [-0.2, -0.15) is 0 Å². The van der Waals surface area contributed by atoms with Gasteiger partial charge in [-0.25, -0.2) is 4.79 Å². The standard InChI is InChI=1S/C21H26N2O5.ClH/c1-26-18-9-7-14(13-19(18)27-2)21(25)28-12-4-11-22-16-5-3-6-17-15(16)8-10-20(24)23-17;/h7-10,13,16,22H,3-6,11-12H2,1-2H3,(H,23,24);1H/t16-;/m0./s1. The number of esters is 1. The molecule has 1 heterocycles. The minimum absolute atomic E-state index is 0. The van der Waals surface area contributed by atoms with E-state index < -0.39 is 0 Å².